The fourth-order valence-electron chi connectivity index (χ4n) is 3.97. The zero-order valence-corrected chi connectivity index (χ0v) is 19.7. The van der Waals surface area contributed by atoms with Crippen LogP contribution in [0.5, 0.6) is 0 Å². The molecule has 2 rings (SSSR count). The van der Waals surface area contributed by atoms with E-state index in [4.69, 9.17) is 22.5 Å². The average molecular weight is 467 g/mol. The van der Waals surface area contributed by atoms with Crippen LogP contribution in [-0.4, -0.2) is 57.6 Å². The van der Waals surface area contributed by atoms with Gasteiger partial charge in [0.2, 0.25) is 20.0 Å². The van der Waals surface area contributed by atoms with Crippen LogP contribution in [0.2, 0.25) is 0 Å². The zero-order chi connectivity index (χ0) is 22.1. The van der Waals surface area contributed by atoms with Gasteiger partial charge in [0.25, 0.3) is 0 Å². The third kappa shape index (κ3) is 5.16. The summed E-state index contributed by atoms with van der Waals surface area (Å²) >= 11 is 6.33. The second-order valence-electron chi connectivity index (χ2n) is 8.01. The van der Waals surface area contributed by atoms with Gasteiger partial charge in [0.05, 0.1) is 11.1 Å². The van der Waals surface area contributed by atoms with E-state index in [1.165, 1.54) is 10.4 Å². The maximum atomic E-state index is 13.7. The Balaban J connectivity index is 2.70. The van der Waals surface area contributed by atoms with E-state index < -0.39 is 36.0 Å². The van der Waals surface area contributed by atoms with Crippen molar-refractivity contribution in [1.82, 2.24) is 9.21 Å². The topological polar surface area (TPSA) is 127 Å². The van der Waals surface area contributed by atoms with Crippen molar-refractivity contribution in [2.75, 3.05) is 14.1 Å². The molecule has 1 atom stereocenters. The summed E-state index contributed by atoms with van der Waals surface area (Å²) in [7, 11) is -4.96. The summed E-state index contributed by atoms with van der Waals surface area (Å²) in [6.07, 6.45) is 7.41. The largest absolute Gasteiger partial charge is 0.397 e. The van der Waals surface area contributed by atoms with Crippen molar-refractivity contribution in [1.29, 1.82) is 0 Å². The molecule has 2 aliphatic carbocycles. The van der Waals surface area contributed by atoms with Gasteiger partial charge in [0.1, 0.15) is 9.81 Å². The van der Waals surface area contributed by atoms with E-state index in [0.717, 1.165) is 32.1 Å². The minimum Gasteiger partial charge on any atom is -0.397 e. The van der Waals surface area contributed by atoms with Gasteiger partial charge < -0.3 is 10.6 Å². The number of rotatable bonds is 6. The van der Waals surface area contributed by atoms with Gasteiger partial charge in [0.15, 0.2) is 0 Å². The summed E-state index contributed by atoms with van der Waals surface area (Å²) in [5.74, 6) is 0. The number of primary sulfonamides is 1. The molecule has 0 saturated heterocycles. The van der Waals surface area contributed by atoms with Crippen LogP contribution in [0, 0.1) is 0 Å². The Morgan fingerprint density at radius 3 is 2.14 bits per heavy atom. The highest BCUT2D eigenvalue weighted by atomic mass is 35.5. The SMILES string of the molecule is CC(C)N(C1CCCCC1)S(=O)(=O)C1=CC(=CN(C)C)C(Cl)C(S(N)(=O)=O)=C1N. The molecule has 0 bridgehead atoms. The molecule has 0 aromatic rings. The van der Waals surface area contributed by atoms with Crippen molar-refractivity contribution in [3.05, 3.63) is 33.4 Å². The smallest absolute Gasteiger partial charge is 0.245 e. The summed E-state index contributed by atoms with van der Waals surface area (Å²) < 4.78 is 53.2. The number of allylic oxidation sites excluding steroid dienone is 3. The highest BCUT2D eigenvalue weighted by Gasteiger charge is 2.42. The van der Waals surface area contributed by atoms with Crippen molar-refractivity contribution in [2.45, 2.75) is 63.4 Å². The predicted octanol–water partition coefficient (Wildman–Crippen LogP) is 1.77. The molecule has 2 aliphatic rings. The first kappa shape index (κ1) is 24.2. The molecule has 0 aromatic heterocycles. The number of alkyl halides is 1. The summed E-state index contributed by atoms with van der Waals surface area (Å²) in [5.41, 5.74) is 5.95. The van der Waals surface area contributed by atoms with E-state index in [2.05, 4.69) is 0 Å². The standard InChI is InChI=1S/C18H31ClN4O4S2/c1-12(2)23(14-8-6-5-7-9-14)29(26,27)15-10-13(11-22(3)4)16(19)18(17(15)20)28(21,24)25/h10-12,14,16H,5-9,20H2,1-4H3,(H2,21,24,25). The first-order valence-corrected chi connectivity index (χ1v) is 13.0. The lowest BCUT2D eigenvalue weighted by atomic mass is 9.95. The molecular formula is C18H31ClN4O4S2. The minimum atomic E-state index is -4.32. The third-order valence-corrected chi connectivity index (χ3v) is 8.90. The van der Waals surface area contributed by atoms with E-state index in [0.29, 0.717) is 5.57 Å². The predicted molar refractivity (Wildman–Crippen MR) is 117 cm³/mol. The molecule has 0 heterocycles. The van der Waals surface area contributed by atoms with E-state index in [-0.39, 0.29) is 17.0 Å². The second-order valence-corrected chi connectivity index (χ2v) is 11.8. The molecule has 1 unspecified atom stereocenters. The van der Waals surface area contributed by atoms with Gasteiger partial charge >= 0.3 is 0 Å². The second kappa shape index (κ2) is 8.97. The van der Waals surface area contributed by atoms with Crippen LogP contribution in [0.25, 0.3) is 0 Å². The summed E-state index contributed by atoms with van der Waals surface area (Å²) in [5, 5.41) is 4.17. The van der Waals surface area contributed by atoms with Crippen LogP contribution in [0.1, 0.15) is 46.0 Å². The molecule has 8 nitrogen and oxygen atoms in total. The quantitative estimate of drug-likeness (QED) is 0.574. The van der Waals surface area contributed by atoms with Gasteiger partial charge in [-0.25, -0.2) is 22.0 Å². The lowest BCUT2D eigenvalue weighted by Crippen LogP contribution is -2.47. The van der Waals surface area contributed by atoms with Gasteiger partial charge in [-0.3, -0.25) is 0 Å². The molecule has 0 amide bonds. The highest BCUT2D eigenvalue weighted by molar-refractivity contribution is 7.94. The molecule has 0 radical (unpaired) electrons. The lowest BCUT2D eigenvalue weighted by molar-refractivity contribution is 0.221. The van der Waals surface area contributed by atoms with E-state index >= 15 is 0 Å². The molecule has 29 heavy (non-hydrogen) atoms. The Morgan fingerprint density at radius 1 is 1.14 bits per heavy atom. The van der Waals surface area contributed by atoms with Crippen LogP contribution in [-0.2, 0) is 20.0 Å². The van der Waals surface area contributed by atoms with Gasteiger partial charge in [-0.2, -0.15) is 4.31 Å². The van der Waals surface area contributed by atoms with Crippen LogP contribution in [0.15, 0.2) is 33.4 Å². The molecule has 4 N–H and O–H groups in total. The Hall–Kier alpha value is -1.07. The van der Waals surface area contributed by atoms with E-state index in [1.807, 2.05) is 0 Å². The van der Waals surface area contributed by atoms with Crippen molar-refractivity contribution < 1.29 is 16.8 Å². The number of nitrogens with zero attached hydrogens (tertiary/aromatic N) is 2. The number of halogens is 1. The first-order valence-electron chi connectivity index (χ1n) is 9.58. The lowest BCUT2D eigenvalue weighted by Gasteiger charge is -2.37. The normalized spacial score (nSPS) is 23.8. The number of hydrogen-bond acceptors (Lipinski definition) is 6. The monoisotopic (exact) mass is 466 g/mol. The molecule has 11 heteroatoms. The van der Waals surface area contributed by atoms with Gasteiger partial charge in [-0.05, 0) is 38.3 Å². The van der Waals surface area contributed by atoms with Crippen molar-refractivity contribution in [2.24, 2.45) is 10.9 Å². The van der Waals surface area contributed by atoms with E-state index in [9.17, 15) is 16.8 Å². The summed E-state index contributed by atoms with van der Waals surface area (Å²) in [6.45, 7) is 3.61. The maximum Gasteiger partial charge on any atom is 0.245 e. The number of hydrogen-bond donors (Lipinski definition) is 2. The first-order chi connectivity index (χ1) is 13.3. The fourth-order valence-corrected chi connectivity index (χ4v) is 7.54. The zero-order valence-electron chi connectivity index (χ0n) is 17.3. The summed E-state index contributed by atoms with van der Waals surface area (Å²) in [6, 6.07) is -0.472. The van der Waals surface area contributed by atoms with Crippen molar-refractivity contribution in [3.8, 4) is 0 Å². The third-order valence-electron chi connectivity index (χ3n) is 5.06. The Kier molecular flexibility index (Phi) is 7.49. The Morgan fingerprint density at radius 2 is 1.69 bits per heavy atom. The molecule has 1 fully saturated rings. The van der Waals surface area contributed by atoms with Crippen LogP contribution in [0.4, 0.5) is 0 Å². The molecule has 166 valence electrons. The summed E-state index contributed by atoms with van der Waals surface area (Å²) in [4.78, 5) is 0.890. The number of nitrogens with two attached hydrogens (primary N) is 2. The van der Waals surface area contributed by atoms with Gasteiger partial charge in [-0.15, -0.1) is 11.6 Å². The Labute approximate surface area is 179 Å². The number of sulfonamides is 2. The molecule has 0 aromatic carbocycles. The van der Waals surface area contributed by atoms with Gasteiger partial charge in [-0.1, -0.05) is 19.3 Å². The molecule has 0 spiro atoms. The van der Waals surface area contributed by atoms with Crippen LogP contribution in [0.3, 0.4) is 0 Å². The van der Waals surface area contributed by atoms with Crippen LogP contribution < -0.4 is 10.9 Å². The highest BCUT2D eigenvalue weighted by Crippen LogP contribution is 2.38. The fraction of sp³-hybridized carbons (Fsp3) is 0.667. The van der Waals surface area contributed by atoms with Crippen molar-refractivity contribution >= 4 is 31.6 Å². The molecule has 0 aliphatic heterocycles. The Bertz CT molecular complexity index is 931. The van der Waals surface area contributed by atoms with Crippen LogP contribution >= 0.6 is 11.6 Å². The average Bonchev–Trinajstić information content (AvgIpc) is 2.56. The van der Waals surface area contributed by atoms with E-state index in [1.54, 1.807) is 39.0 Å². The minimum absolute atomic E-state index is 0.157. The molecule has 1 saturated carbocycles. The van der Waals surface area contributed by atoms with Crippen molar-refractivity contribution in [3.63, 3.8) is 0 Å². The maximum absolute atomic E-state index is 13.7. The van der Waals surface area contributed by atoms with Gasteiger partial charge in [0, 0.05) is 32.4 Å². The molecular weight excluding hydrogens is 436 g/mol.